The van der Waals surface area contributed by atoms with Crippen LogP contribution in [0.5, 0.6) is 0 Å². The smallest absolute Gasteiger partial charge is 0.0632 e. The molecule has 0 amide bonds. The van der Waals surface area contributed by atoms with E-state index in [0.29, 0.717) is 5.56 Å². The predicted molar refractivity (Wildman–Crippen MR) is 110 cm³/mol. The topological polar surface area (TPSA) is 26.0 Å². The van der Waals surface area contributed by atoms with E-state index in [9.17, 15) is 1.37 Å². The van der Waals surface area contributed by atoms with Crippen LogP contribution in [-0.2, 0) is 16.2 Å². The van der Waals surface area contributed by atoms with Crippen LogP contribution in [0.3, 0.4) is 0 Å². The van der Waals surface area contributed by atoms with Crippen LogP contribution in [0.1, 0.15) is 104 Å². The number of hydrogen-bond acceptors (Lipinski definition) is 1. The van der Waals surface area contributed by atoms with Crippen molar-refractivity contribution in [2.24, 2.45) is 0 Å². The van der Waals surface area contributed by atoms with Gasteiger partial charge < -0.3 is 5.73 Å². The lowest BCUT2D eigenvalue weighted by molar-refractivity contribution is 0.332. The second-order valence-corrected chi connectivity index (χ2v) is 7.27. The molecule has 0 radical (unpaired) electrons. The van der Waals surface area contributed by atoms with E-state index in [2.05, 4.69) is 0 Å². The Kier molecular flexibility index (Phi) is 1.32. The first-order chi connectivity index (χ1) is 19.2. The number of fused-ring (bicyclic) bond motifs is 1. The molecule has 0 bridgehead atoms. The fourth-order valence-corrected chi connectivity index (χ4v) is 2.85. The molecule has 0 spiro atoms. The number of benzene rings is 2. The summed E-state index contributed by atoms with van der Waals surface area (Å²) in [6.45, 7) is -11.1. The maximum atomic E-state index is 9.21. The highest BCUT2D eigenvalue weighted by molar-refractivity contribution is 5.80. The van der Waals surface area contributed by atoms with Gasteiger partial charge in [-0.3, -0.25) is 0 Å². The molecule has 0 atom stereocenters. The molecule has 0 fully saturated rings. The minimum Gasteiger partial charge on any atom is -0.398 e. The third-order valence-electron chi connectivity index (χ3n) is 4.18. The second kappa shape index (κ2) is 5.62. The standard InChI is InChI=1S/C24H33N/c1-22(2,3)19-10-8-9-17(21(19)25)16-11-12-18-20(15-16)24(6,7)14-13-23(18,4)5/h8-12,15H,13-14,25H2,1-7H3/i4D3,5D3,6D3,7D3,11D,12D,13D2,14D2,15D. The number of anilines is 1. The van der Waals surface area contributed by atoms with E-state index in [1.165, 1.54) is 12.1 Å². The van der Waals surface area contributed by atoms with Crippen LogP contribution in [0, 0.1) is 0 Å². The highest BCUT2D eigenvalue weighted by Gasteiger charge is 2.37. The first kappa shape index (κ1) is 5.87. The van der Waals surface area contributed by atoms with Crippen molar-refractivity contribution < 1.29 is 26.0 Å². The average molecular weight is 355 g/mol. The summed E-state index contributed by atoms with van der Waals surface area (Å²) in [7, 11) is 0. The van der Waals surface area contributed by atoms with Crippen LogP contribution in [0.4, 0.5) is 5.69 Å². The summed E-state index contributed by atoms with van der Waals surface area (Å²) >= 11 is 0. The molecule has 1 heteroatoms. The molecule has 1 aliphatic carbocycles. The summed E-state index contributed by atoms with van der Waals surface area (Å²) in [6, 6.07) is 0.670. The zero-order valence-electron chi connectivity index (χ0n) is 33.3. The van der Waals surface area contributed by atoms with Gasteiger partial charge in [0.2, 0.25) is 0 Å². The maximum absolute atomic E-state index is 9.21. The Bertz CT molecular complexity index is 1450. The fraction of sp³-hybridized carbons (Fsp3) is 0.500. The van der Waals surface area contributed by atoms with Gasteiger partial charge in [-0.25, -0.2) is 0 Å². The molecule has 0 aliphatic heterocycles. The lowest BCUT2D eigenvalue weighted by atomic mass is 9.63. The highest BCUT2D eigenvalue weighted by atomic mass is 14.6. The van der Waals surface area contributed by atoms with Gasteiger partial charge in [0.25, 0.3) is 0 Å². The molecule has 25 heavy (non-hydrogen) atoms. The Morgan fingerprint density at radius 3 is 2.28 bits per heavy atom. The summed E-state index contributed by atoms with van der Waals surface area (Å²) in [5.74, 6) is 0. The molecule has 2 aromatic carbocycles. The molecular weight excluding hydrogens is 302 g/mol. The van der Waals surface area contributed by atoms with E-state index in [0.717, 1.165) is 0 Å². The van der Waals surface area contributed by atoms with Gasteiger partial charge in [-0.1, -0.05) is 84.5 Å². The Balaban J connectivity index is 2.96. The molecule has 0 saturated carbocycles. The maximum Gasteiger partial charge on any atom is 0.0632 e. The van der Waals surface area contributed by atoms with Crippen molar-refractivity contribution in [3.05, 3.63) is 53.0 Å². The Hall–Kier alpha value is -1.76. The van der Waals surface area contributed by atoms with Gasteiger partial charge in [0.05, 0.1) is 4.11 Å². The molecule has 1 nitrogen and oxygen atoms in total. The van der Waals surface area contributed by atoms with Crippen LogP contribution in [-0.4, -0.2) is 0 Å². The van der Waals surface area contributed by atoms with Gasteiger partial charge in [-0.2, -0.15) is 0 Å². The number of rotatable bonds is 1. The molecule has 2 N–H and O–H groups in total. The van der Waals surface area contributed by atoms with Crippen molar-refractivity contribution >= 4 is 5.69 Å². The summed E-state index contributed by atoms with van der Waals surface area (Å²) in [5.41, 5.74) is -5.94. The van der Waals surface area contributed by atoms with E-state index in [-0.39, 0.29) is 11.3 Å². The quantitative estimate of drug-likeness (QED) is 0.575. The molecule has 2 aromatic rings. The Morgan fingerprint density at radius 2 is 1.68 bits per heavy atom. The number of para-hydroxylation sites is 1. The zero-order chi connectivity index (χ0) is 34.8. The van der Waals surface area contributed by atoms with E-state index >= 15 is 0 Å². The molecule has 0 unspecified atom stereocenters. The number of nitrogens with two attached hydrogens (primary N) is 1. The summed E-state index contributed by atoms with van der Waals surface area (Å²) < 4.78 is 162. The molecule has 3 rings (SSSR count). The van der Waals surface area contributed by atoms with Crippen molar-refractivity contribution in [2.45, 2.75) is 77.2 Å². The van der Waals surface area contributed by atoms with Crippen molar-refractivity contribution in [1.29, 1.82) is 0 Å². The van der Waals surface area contributed by atoms with Gasteiger partial charge in [0.15, 0.2) is 0 Å². The van der Waals surface area contributed by atoms with Gasteiger partial charge in [0.1, 0.15) is 0 Å². The number of hydrogen-bond donors (Lipinski definition) is 1. The summed E-state index contributed by atoms with van der Waals surface area (Å²) in [4.78, 5) is 0. The van der Waals surface area contributed by atoms with Crippen LogP contribution >= 0.6 is 0 Å². The minimum atomic E-state index is -4.37. The zero-order valence-corrected chi connectivity index (χ0v) is 14.3. The average Bonchev–Trinajstić information content (AvgIpc) is 2.75. The van der Waals surface area contributed by atoms with Crippen molar-refractivity contribution in [1.82, 2.24) is 0 Å². The Morgan fingerprint density at radius 1 is 1.04 bits per heavy atom. The first-order valence-electron chi connectivity index (χ1n) is 17.3. The third-order valence-corrected chi connectivity index (χ3v) is 4.18. The van der Waals surface area contributed by atoms with Crippen molar-refractivity contribution in [2.75, 3.05) is 5.73 Å². The Labute approximate surface area is 180 Å². The molecule has 0 saturated heterocycles. The van der Waals surface area contributed by atoms with Gasteiger partial charge in [-0.05, 0) is 51.2 Å². The van der Waals surface area contributed by atoms with Crippen molar-refractivity contribution in [3.63, 3.8) is 0 Å². The van der Waals surface area contributed by atoms with Gasteiger partial charge in [0, 0.05) is 33.2 Å². The van der Waals surface area contributed by atoms with E-state index < -0.39 is 91.2 Å². The lowest BCUT2D eigenvalue weighted by Gasteiger charge is -2.42. The predicted octanol–water partition coefficient (Wildman–Crippen LogP) is 6.58. The molecule has 0 heterocycles. The summed E-state index contributed by atoms with van der Waals surface area (Å²) in [5, 5.41) is 0. The van der Waals surface area contributed by atoms with E-state index in [4.69, 9.17) is 30.4 Å². The number of nitrogen functional groups attached to an aromatic ring is 1. The van der Waals surface area contributed by atoms with Gasteiger partial charge in [-0.15, -0.1) is 0 Å². The summed E-state index contributed by atoms with van der Waals surface area (Å²) in [6.07, 6.45) is -8.73. The van der Waals surface area contributed by atoms with Crippen LogP contribution < -0.4 is 5.73 Å². The van der Waals surface area contributed by atoms with Crippen molar-refractivity contribution in [3.8, 4) is 11.1 Å². The first-order valence-corrected chi connectivity index (χ1v) is 7.78. The monoisotopic (exact) mass is 354 g/mol. The SMILES string of the molecule is [2H]c1c([2H])c2c(c([2H])c1-c1cccc(C(C)(C)C)c1N)C(C([2H])([2H])[2H])(C([2H])([2H])[2H])C([2H])([2H])C([2H])([2H])C2(C([2H])([2H])[2H])C([2H])([2H])[2H]. The van der Waals surface area contributed by atoms with E-state index in [1.807, 2.05) is 0 Å². The van der Waals surface area contributed by atoms with Crippen LogP contribution in [0.2, 0.25) is 0 Å². The second-order valence-electron chi connectivity index (χ2n) is 7.27. The van der Waals surface area contributed by atoms with Crippen LogP contribution in [0.25, 0.3) is 11.1 Å². The highest BCUT2D eigenvalue weighted by Crippen LogP contribution is 2.47. The molecule has 134 valence electrons. The van der Waals surface area contributed by atoms with Gasteiger partial charge >= 0.3 is 0 Å². The fourth-order valence-electron chi connectivity index (χ4n) is 2.85. The lowest BCUT2D eigenvalue weighted by Crippen LogP contribution is -2.33. The normalized spacial score (nSPS) is 35.9. The largest absolute Gasteiger partial charge is 0.398 e. The van der Waals surface area contributed by atoms with Crippen LogP contribution in [0.15, 0.2) is 36.3 Å². The third kappa shape index (κ3) is 3.10. The minimum absolute atomic E-state index is 0.0678. The molecule has 0 aromatic heterocycles. The van der Waals surface area contributed by atoms with E-state index in [1.54, 1.807) is 26.8 Å². The molecular formula is C24H33N. The molecule has 1 aliphatic rings.